The summed E-state index contributed by atoms with van der Waals surface area (Å²) in [5.41, 5.74) is 0. The summed E-state index contributed by atoms with van der Waals surface area (Å²) in [5.74, 6) is -1.85. The Labute approximate surface area is 152 Å². The Morgan fingerprint density at radius 1 is 0.769 bits per heavy atom. The molecule has 150 valence electrons. The lowest BCUT2D eigenvalue weighted by Crippen LogP contribution is -2.33. The number of hydroxylamine groups is 2. The van der Waals surface area contributed by atoms with E-state index in [1.54, 1.807) is 0 Å². The van der Waals surface area contributed by atoms with E-state index in [4.69, 9.17) is 23.7 Å². The molecule has 26 heavy (non-hydrogen) atoms. The highest BCUT2D eigenvalue weighted by molar-refractivity contribution is 6.01. The number of carbonyl (C=O) groups excluding carboxylic acids is 3. The Balaban J connectivity index is 1.82. The summed E-state index contributed by atoms with van der Waals surface area (Å²) in [7, 11) is 0. The Bertz CT molecular complexity index is 414. The predicted molar refractivity (Wildman–Crippen MR) is 86.9 cm³/mol. The molecule has 0 bridgehead atoms. The zero-order valence-corrected chi connectivity index (χ0v) is 15.1. The molecule has 0 aromatic heterocycles. The van der Waals surface area contributed by atoms with Gasteiger partial charge in [-0.3, -0.25) is 9.59 Å². The molecule has 0 N–H and O–H groups in total. The Morgan fingerprint density at radius 3 is 1.65 bits per heavy atom. The maximum absolute atomic E-state index is 11.4. The molecule has 1 rings (SSSR count). The molecule has 0 unspecified atom stereocenters. The van der Waals surface area contributed by atoms with Crippen molar-refractivity contribution in [2.24, 2.45) is 0 Å². The van der Waals surface area contributed by atoms with Crippen molar-refractivity contribution < 1.29 is 42.9 Å². The standard InChI is InChI=1S/C16H27NO9/c1-2-21-5-6-22-7-8-23-9-10-24-11-12-25-13-16(20)26-17-14(18)3-4-15(17)19/h2-13H2,1H3. The first-order valence-corrected chi connectivity index (χ1v) is 8.60. The molecule has 10 heteroatoms. The molecule has 10 nitrogen and oxygen atoms in total. The van der Waals surface area contributed by atoms with Crippen LogP contribution in [0.4, 0.5) is 0 Å². The molecule has 0 aliphatic carbocycles. The molecule has 1 heterocycles. The summed E-state index contributed by atoms with van der Waals surface area (Å²) in [4.78, 5) is 38.6. The number of amides is 2. The first kappa shape index (κ1) is 22.5. The average molecular weight is 377 g/mol. The molecule has 0 atom stereocenters. The highest BCUT2D eigenvalue weighted by Crippen LogP contribution is 2.11. The van der Waals surface area contributed by atoms with E-state index in [0.717, 1.165) is 0 Å². The van der Waals surface area contributed by atoms with Gasteiger partial charge in [0.1, 0.15) is 6.61 Å². The highest BCUT2D eigenvalue weighted by Gasteiger charge is 2.32. The Hall–Kier alpha value is -1.59. The van der Waals surface area contributed by atoms with Crippen LogP contribution in [0.1, 0.15) is 19.8 Å². The van der Waals surface area contributed by atoms with Crippen LogP contribution < -0.4 is 0 Å². The van der Waals surface area contributed by atoms with Crippen LogP contribution in [0, 0.1) is 0 Å². The van der Waals surface area contributed by atoms with Gasteiger partial charge in [0.15, 0.2) is 0 Å². The van der Waals surface area contributed by atoms with E-state index in [9.17, 15) is 14.4 Å². The second-order valence-corrected chi connectivity index (χ2v) is 5.13. The Kier molecular flexibility index (Phi) is 12.6. The minimum absolute atomic E-state index is 0.0578. The van der Waals surface area contributed by atoms with Gasteiger partial charge >= 0.3 is 5.97 Å². The molecule has 0 radical (unpaired) electrons. The molecule has 0 aromatic carbocycles. The van der Waals surface area contributed by atoms with Crippen molar-refractivity contribution in [3.63, 3.8) is 0 Å². The van der Waals surface area contributed by atoms with Gasteiger partial charge in [-0.1, -0.05) is 0 Å². The largest absolute Gasteiger partial charge is 0.379 e. The minimum Gasteiger partial charge on any atom is -0.379 e. The van der Waals surface area contributed by atoms with Crippen LogP contribution in [-0.4, -0.2) is 88.9 Å². The summed E-state index contributed by atoms with van der Waals surface area (Å²) < 4.78 is 26.0. The SMILES string of the molecule is CCOCCOCCOCCOCCOCC(=O)ON1C(=O)CCC1=O. The molecule has 1 fully saturated rings. The van der Waals surface area contributed by atoms with Crippen molar-refractivity contribution in [3.05, 3.63) is 0 Å². The lowest BCUT2D eigenvalue weighted by Gasteiger charge is -2.12. The summed E-state index contributed by atoms with van der Waals surface area (Å²) in [6, 6.07) is 0. The number of ether oxygens (including phenoxy) is 5. The summed E-state index contributed by atoms with van der Waals surface area (Å²) in [5, 5.41) is 0.486. The fraction of sp³-hybridized carbons (Fsp3) is 0.812. The monoisotopic (exact) mass is 377 g/mol. The normalized spacial score (nSPS) is 14.3. The first-order valence-electron chi connectivity index (χ1n) is 8.60. The fourth-order valence-corrected chi connectivity index (χ4v) is 1.86. The van der Waals surface area contributed by atoms with Crippen LogP contribution in [0.25, 0.3) is 0 Å². The lowest BCUT2D eigenvalue weighted by atomic mass is 10.4. The first-order chi connectivity index (χ1) is 12.6. The van der Waals surface area contributed by atoms with E-state index in [1.165, 1.54) is 0 Å². The summed E-state index contributed by atoms with van der Waals surface area (Å²) in [6.07, 6.45) is 0.116. The van der Waals surface area contributed by atoms with Crippen LogP contribution in [0.2, 0.25) is 0 Å². The van der Waals surface area contributed by atoms with Crippen molar-refractivity contribution in [1.29, 1.82) is 0 Å². The van der Waals surface area contributed by atoms with Gasteiger partial charge in [-0.05, 0) is 6.92 Å². The molecule has 1 aliphatic heterocycles. The van der Waals surface area contributed by atoms with Gasteiger partial charge in [-0.2, -0.15) is 0 Å². The van der Waals surface area contributed by atoms with Gasteiger partial charge in [-0.15, -0.1) is 5.06 Å². The number of nitrogens with zero attached hydrogens (tertiary/aromatic N) is 1. The molecule has 0 aromatic rings. The third-order valence-electron chi connectivity index (χ3n) is 3.11. The number of imide groups is 1. The van der Waals surface area contributed by atoms with E-state index in [-0.39, 0.29) is 32.7 Å². The van der Waals surface area contributed by atoms with E-state index in [1.807, 2.05) is 6.92 Å². The van der Waals surface area contributed by atoms with Gasteiger partial charge in [0, 0.05) is 19.4 Å². The predicted octanol–water partition coefficient (Wildman–Crippen LogP) is -0.303. The van der Waals surface area contributed by atoms with E-state index in [2.05, 4.69) is 4.84 Å². The highest BCUT2D eigenvalue weighted by atomic mass is 16.7. The maximum Gasteiger partial charge on any atom is 0.358 e. The maximum atomic E-state index is 11.4. The molecular formula is C16H27NO9. The van der Waals surface area contributed by atoms with Gasteiger partial charge in [-0.25, -0.2) is 4.79 Å². The topological polar surface area (TPSA) is 110 Å². The second-order valence-electron chi connectivity index (χ2n) is 5.13. The number of hydrogen-bond acceptors (Lipinski definition) is 9. The minimum atomic E-state index is -0.804. The van der Waals surface area contributed by atoms with Crippen molar-refractivity contribution >= 4 is 17.8 Å². The second kappa shape index (κ2) is 14.6. The molecule has 2 amide bonds. The smallest absolute Gasteiger partial charge is 0.358 e. The molecule has 0 saturated carbocycles. The molecule has 1 saturated heterocycles. The van der Waals surface area contributed by atoms with Crippen molar-refractivity contribution in [2.75, 3.05) is 66.1 Å². The van der Waals surface area contributed by atoms with Crippen molar-refractivity contribution in [2.45, 2.75) is 19.8 Å². The van der Waals surface area contributed by atoms with Crippen molar-refractivity contribution in [3.8, 4) is 0 Å². The van der Waals surface area contributed by atoms with Gasteiger partial charge in [0.25, 0.3) is 11.8 Å². The van der Waals surface area contributed by atoms with Crippen molar-refractivity contribution in [1.82, 2.24) is 5.06 Å². The van der Waals surface area contributed by atoms with Gasteiger partial charge in [0.05, 0.1) is 52.9 Å². The Morgan fingerprint density at radius 2 is 1.19 bits per heavy atom. The summed E-state index contributed by atoms with van der Waals surface area (Å²) >= 11 is 0. The molecular weight excluding hydrogens is 350 g/mol. The van der Waals surface area contributed by atoms with Crippen LogP contribution in [-0.2, 0) is 42.9 Å². The zero-order valence-electron chi connectivity index (χ0n) is 15.1. The van der Waals surface area contributed by atoms with Gasteiger partial charge < -0.3 is 28.5 Å². The average Bonchev–Trinajstić information content (AvgIpc) is 2.94. The van der Waals surface area contributed by atoms with E-state index < -0.39 is 17.8 Å². The zero-order chi connectivity index (χ0) is 19.0. The van der Waals surface area contributed by atoms with Gasteiger partial charge in [0.2, 0.25) is 0 Å². The molecule has 0 spiro atoms. The third-order valence-corrected chi connectivity index (χ3v) is 3.11. The molecule has 1 aliphatic rings. The third kappa shape index (κ3) is 10.4. The van der Waals surface area contributed by atoms with E-state index in [0.29, 0.717) is 51.3 Å². The van der Waals surface area contributed by atoms with Crippen LogP contribution in [0.5, 0.6) is 0 Å². The lowest BCUT2D eigenvalue weighted by molar-refractivity contribution is -0.200. The quantitative estimate of drug-likeness (QED) is 0.264. The summed E-state index contributed by atoms with van der Waals surface area (Å²) in [6.45, 7) is 5.63. The number of hydrogen-bond donors (Lipinski definition) is 0. The fourth-order valence-electron chi connectivity index (χ4n) is 1.86. The van der Waals surface area contributed by atoms with Crippen LogP contribution in [0.3, 0.4) is 0 Å². The van der Waals surface area contributed by atoms with E-state index >= 15 is 0 Å². The van der Waals surface area contributed by atoms with Crippen LogP contribution >= 0.6 is 0 Å². The number of rotatable bonds is 16. The van der Waals surface area contributed by atoms with Crippen LogP contribution in [0.15, 0.2) is 0 Å². The number of carbonyl (C=O) groups is 3.